The maximum absolute atomic E-state index is 12.9. The van der Waals surface area contributed by atoms with E-state index in [-0.39, 0.29) is 11.7 Å². The molecule has 3 nitrogen and oxygen atoms in total. The van der Waals surface area contributed by atoms with Crippen LogP contribution < -0.4 is 5.32 Å². The van der Waals surface area contributed by atoms with Crippen LogP contribution >= 0.6 is 11.3 Å². The minimum Gasteiger partial charge on any atom is -0.302 e. The van der Waals surface area contributed by atoms with Crippen LogP contribution in [0.3, 0.4) is 0 Å². The summed E-state index contributed by atoms with van der Waals surface area (Å²) in [6.45, 7) is 1.98. The van der Waals surface area contributed by atoms with Crippen molar-refractivity contribution >= 4 is 22.4 Å². The molecular formula is C18H15FN2OS. The van der Waals surface area contributed by atoms with Crippen LogP contribution in [-0.2, 0) is 11.2 Å². The Labute approximate surface area is 137 Å². The summed E-state index contributed by atoms with van der Waals surface area (Å²) in [7, 11) is 0. The smallest absolute Gasteiger partial charge is 0.230 e. The van der Waals surface area contributed by atoms with Crippen LogP contribution in [0.1, 0.15) is 11.1 Å². The largest absolute Gasteiger partial charge is 0.302 e. The standard InChI is InChI=1S/C18H15FN2OS/c1-12-4-2-3-5-14(12)10-17(22)21-18-20-16(11-23-18)13-6-8-15(19)9-7-13/h2-9,11H,10H2,1H3,(H,20,21,22). The number of anilines is 1. The maximum Gasteiger partial charge on any atom is 0.230 e. The van der Waals surface area contributed by atoms with E-state index in [1.807, 2.05) is 36.6 Å². The van der Waals surface area contributed by atoms with E-state index in [1.54, 1.807) is 12.1 Å². The lowest BCUT2D eigenvalue weighted by molar-refractivity contribution is -0.115. The summed E-state index contributed by atoms with van der Waals surface area (Å²) in [6, 6.07) is 13.9. The molecule has 3 aromatic rings. The number of carbonyl (C=O) groups excluding carboxylic acids is 1. The Hall–Kier alpha value is -2.53. The van der Waals surface area contributed by atoms with Gasteiger partial charge in [-0.2, -0.15) is 0 Å². The van der Waals surface area contributed by atoms with Crippen LogP contribution in [0.25, 0.3) is 11.3 Å². The highest BCUT2D eigenvalue weighted by atomic mass is 32.1. The fourth-order valence-electron chi connectivity index (χ4n) is 2.23. The molecule has 1 amide bonds. The lowest BCUT2D eigenvalue weighted by Crippen LogP contribution is -2.14. The highest BCUT2D eigenvalue weighted by molar-refractivity contribution is 7.14. The van der Waals surface area contributed by atoms with Gasteiger partial charge < -0.3 is 5.32 Å². The Balaban J connectivity index is 1.68. The van der Waals surface area contributed by atoms with Crippen molar-refractivity contribution in [2.75, 3.05) is 5.32 Å². The van der Waals surface area contributed by atoms with E-state index in [0.717, 1.165) is 22.4 Å². The highest BCUT2D eigenvalue weighted by Gasteiger charge is 2.10. The normalized spacial score (nSPS) is 10.5. The van der Waals surface area contributed by atoms with Gasteiger partial charge in [0.2, 0.25) is 5.91 Å². The first-order valence-corrected chi connectivity index (χ1v) is 8.05. The van der Waals surface area contributed by atoms with Crippen molar-refractivity contribution in [3.05, 3.63) is 70.9 Å². The van der Waals surface area contributed by atoms with Crippen LogP contribution in [0.5, 0.6) is 0 Å². The zero-order valence-corrected chi connectivity index (χ0v) is 13.4. The number of hydrogen-bond acceptors (Lipinski definition) is 3. The molecule has 1 heterocycles. The number of halogens is 1. The molecule has 0 aliphatic rings. The van der Waals surface area contributed by atoms with Crippen LogP contribution in [0.4, 0.5) is 9.52 Å². The summed E-state index contributed by atoms with van der Waals surface area (Å²) in [4.78, 5) is 16.5. The fraction of sp³-hybridized carbons (Fsp3) is 0.111. The minimum atomic E-state index is -0.282. The van der Waals surface area contributed by atoms with Crippen molar-refractivity contribution in [2.45, 2.75) is 13.3 Å². The SMILES string of the molecule is Cc1ccccc1CC(=O)Nc1nc(-c2ccc(F)cc2)cs1. The molecule has 0 fully saturated rings. The van der Waals surface area contributed by atoms with Crippen molar-refractivity contribution in [2.24, 2.45) is 0 Å². The van der Waals surface area contributed by atoms with Crippen molar-refractivity contribution < 1.29 is 9.18 Å². The topological polar surface area (TPSA) is 42.0 Å². The summed E-state index contributed by atoms with van der Waals surface area (Å²) in [5.74, 6) is -0.380. The van der Waals surface area contributed by atoms with Gasteiger partial charge in [0.25, 0.3) is 0 Å². The monoisotopic (exact) mass is 326 g/mol. The van der Waals surface area contributed by atoms with Crippen LogP contribution in [0, 0.1) is 12.7 Å². The first-order chi connectivity index (χ1) is 11.1. The van der Waals surface area contributed by atoms with Crippen LogP contribution in [0.2, 0.25) is 0 Å². The van der Waals surface area contributed by atoms with Gasteiger partial charge in [-0.15, -0.1) is 11.3 Å². The molecule has 0 unspecified atom stereocenters. The third-order valence-corrected chi connectivity index (χ3v) is 4.26. The number of aryl methyl sites for hydroxylation is 1. The fourth-order valence-corrected chi connectivity index (χ4v) is 2.97. The highest BCUT2D eigenvalue weighted by Crippen LogP contribution is 2.25. The van der Waals surface area contributed by atoms with Gasteiger partial charge in [0.05, 0.1) is 12.1 Å². The molecule has 0 radical (unpaired) electrons. The van der Waals surface area contributed by atoms with Gasteiger partial charge in [-0.05, 0) is 42.3 Å². The van der Waals surface area contributed by atoms with Crippen molar-refractivity contribution in [3.8, 4) is 11.3 Å². The zero-order valence-electron chi connectivity index (χ0n) is 12.5. The number of amides is 1. The van der Waals surface area contributed by atoms with Gasteiger partial charge in [0.15, 0.2) is 5.13 Å². The maximum atomic E-state index is 12.9. The van der Waals surface area contributed by atoms with E-state index < -0.39 is 0 Å². The molecule has 0 saturated carbocycles. The Bertz CT molecular complexity index is 827. The second-order valence-corrected chi connectivity index (χ2v) is 6.05. The Morgan fingerprint density at radius 2 is 1.91 bits per heavy atom. The number of rotatable bonds is 4. The molecule has 23 heavy (non-hydrogen) atoms. The summed E-state index contributed by atoms with van der Waals surface area (Å²) in [5, 5.41) is 5.20. The van der Waals surface area contributed by atoms with Gasteiger partial charge in [-0.1, -0.05) is 24.3 Å². The molecule has 0 saturated heterocycles. The van der Waals surface area contributed by atoms with Gasteiger partial charge in [0, 0.05) is 10.9 Å². The van der Waals surface area contributed by atoms with E-state index in [9.17, 15) is 9.18 Å². The summed E-state index contributed by atoms with van der Waals surface area (Å²) < 4.78 is 12.9. The third kappa shape index (κ3) is 3.81. The van der Waals surface area contributed by atoms with E-state index >= 15 is 0 Å². The number of hydrogen-bond donors (Lipinski definition) is 1. The molecule has 1 aromatic heterocycles. The number of carbonyl (C=O) groups is 1. The summed E-state index contributed by atoms with van der Waals surface area (Å²) >= 11 is 1.35. The van der Waals surface area contributed by atoms with Crippen LogP contribution in [0.15, 0.2) is 53.9 Å². The Morgan fingerprint density at radius 1 is 1.17 bits per heavy atom. The van der Waals surface area contributed by atoms with Gasteiger partial charge in [0.1, 0.15) is 5.82 Å². The van der Waals surface area contributed by atoms with Crippen molar-refractivity contribution in [3.63, 3.8) is 0 Å². The molecule has 0 aliphatic heterocycles. The number of benzene rings is 2. The number of nitrogens with one attached hydrogen (secondary N) is 1. The molecule has 0 spiro atoms. The molecule has 1 N–H and O–H groups in total. The van der Waals surface area contributed by atoms with Crippen LogP contribution in [-0.4, -0.2) is 10.9 Å². The molecule has 5 heteroatoms. The first-order valence-electron chi connectivity index (χ1n) is 7.17. The second kappa shape index (κ2) is 6.71. The Kier molecular flexibility index (Phi) is 4.48. The van der Waals surface area contributed by atoms with Gasteiger partial charge in [-0.25, -0.2) is 9.37 Å². The molecule has 3 rings (SSSR count). The lowest BCUT2D eigenvalue weighted by Gasteiger charge is -2.05. The molecular weight excluding hydrogens is 311 g/mol. The molecule has 116 valence electrons. The number of thiazole rings is 1. The number of aromatic nitrogens is 1. The summed E-state index contributed by atoms with van der Waals surface area (Å²) in [6.07, 6.45) is 0.318. The van der Waals surface area contributed by atoms with E-state index in [4.69, 9.17) is 0 Å². The van der Waals surface area contributed by atoms with E-state index in [1.165, 1.54) is 23.5 Å². The molecule has 0 atom stereocenters. The van der Waals surface area contributed by atoms with Crippen molar-refractivity contribution in [1.29, 1.82) is 0 Å². The minimum absolute atomic E-state index is 0.0979. The molecule has 2 aromatic carbocycles. The molecule has 0 bridgehead atoms. The lowest BCUT2D eigenvalue weighted by atomic mass is 10.1. The predicted octanol–water partition coefficient (Wildman–Crippen LogP) is 4.44. The zero-order chi connectivity index (χ0) is 16.2. The van der Waals surface area contributed by atoms with E-state index in [0.29, 0.717) is 11.6 Å². The number of nitrogens with zero attached hydrogens (tertiary/aromatic N) is 1. The average molecular weight is 326 g/mol. The quantitative estimate of drug-likeness (QED) is 0.770. The average Bonchev–Trinajstić information content (AvgIpc) is 2.98. The third-order valence-electron chi connectivity index (χ3n) is 3.50. The molecule has 0 aliphatic carbocycles. The predicted molar refractivity (Wildman–Crippen MR) is 91.0 cm³/mol. The second-order valence-electron chi connectivity index (χ2n) is 5.20. The van der Waals surface area contributed by atoms with E-state index in [2.05, 4.69) is 10.3 Å². The first kappa shape index (κ1) is 15.4. The van der Waals surface area contributed by atoms with Gasteiger partial charge >= 0.3 is 0 Å². The van der Waals surface area contributed by atoms with Gasteiger partial charge in [-0.3, -0.25) is 4.79 Å². The summed E-state index contributed by atoms with van der Waals surface area (Å²) in [5.41, 5.74) is 3.64. The van der Waals surface area contributed by atoms with Crippen molar-refractivity contribution in [1.82, 2.24) is 4.98 Å². The Morgan fingerprint density at radius 3 is 2.65 bits per heavy atom.